The lowest BCUT2D eigenvalue weighted by molar-refractivity contribution is 0.409. The van der Waals surface area contributed by atoms with Crippen LogP contribution in [0.4, 0.5) is 0 Å². The molecule has 0 bridgehead atoms. The van der Waals surface area contributed by atoms with Gasteiger partial charge < -0.3 is 4.74 Å². The molecule has 0 amide bonds. The van der Waals surface area contributed by atoms with Gasteiger partial charge in [-0.05, 0) is 18.1 Å². The molecule has 68 valence electrons. The lowest BCUT2D eigenvalue weighted by Crippen LogP contribution is -1.90. The van der Waals surface area contributed by atoms with Gasteiger partial charge in [-0.25, -0.2) is 0 Å². The molecule has 0 aliphatic carbocycles. The first-order valence-corrected chi connectivity index (χ1v) is 4.00. The van der Waals surface area contributed by atoms with Gasteiger partial charge in [0.15, 0.2) is 0 Å². The van der Waals surface area contributed by atoms with Gasteiger partial charge in [0.1, 0.15) is 5.75 Å². The first-order chi connectivity index (χ1) is 5.38. The van der Waals surface area contributed by atoms with E-state index in [4.69, 9.17) is 4.74 Å². The number of benzene rings is 1. The van der Waals surface area contributed by atoms with E-state index < -0.39 is 0 Å². The van der Waals surface area contributed by atoms with Crippen LogP contribution in [0.2, 0.25) is 0 Å². The number of rotatable bonds is 3. The monoisotopic (exact) mass is 166 g/mol. The maximum Gasteiger partial charge on any atom is 0.122 e. The second-order valence-corrected chi connectivity index (χ2v) is 2.56. The summed E-state index contributed by atoms with van der Waals surface area (Å²) in [6.45, 7) is 2.17. The molecule has 0 atom stereocenters. The number of hydrogen-bond donors (Lipinski definition) is 0. The van der Waals surface area contributed by atoms with Gasteiger partial charge in [-0.1, -0.05) is 39.0 Å². The molecule has 0 aliphatic rings. The van der Waals surface area contributed by atoms with Gasteiger partial charge in [0.25, 0.3) is 0 Å². The molecule has 12 heavy (non-hydrogen) atoms. The summed E-state index contributed by atoms with van der Waals surface area (Å²) in [6, 6.07) is 8.17. The molecule has 0 saturated heterocycles. The lowest BCUT2D eigenvalue weighted by atomic mass is 10.1. The van der Waals surface area contributed by atoms with E-state index in [0.717, 1.165) is 12.2 Å². The van der Waals surface area contributed by atoms with Crippen molar-refractivity contribution < 1.29 is 4.74 Å². The van der Waals surface area contributed by atoms with Crippen LogP contribution in [-0.2, 0) is 6.42 Å². The minimum Gasteiger partial charge on any atom is -0.496 e. The Bertz CT molecular complexity index is 218. The molecule has 1 nitrogen and oxygen atoms in total. The Labute approximate surface area is 75.4 Å². The maximum absolute atomic E-state index is 5.20. The van der Waals surface area contributed by atoms with Crippen LogP contribution in [0.15, 0.2) is 24.3 Å². The largest absolute Gasteiger partial charge is 0.496 e. The van der Waals surface area contributed by atoms with E-state index in [1.54, 1.807) is 7.11 Å². The zero-order valence-electron chi connectivity index (χ0n) is 7.13. The molecule has 1 aromatic carbocycles. The molecule has 0 unspecified atom stereocenters. The zero-order valence-corrected chi connectivity index (χ0v) is 7.13. The molecule has 0 saturated carbocycles. The highest BCUT2D eigenvalue weighted by Crippen LogP contribution is 2.18. The van der Waals surface area contributed by atoms with Crippen LogP contribution in [0, 0.1) is 0 Å². The van der Waals surface area contributed by atoms with Crippen molar-refractivity contribution in [3.8, 4) is 5.75 Å². The molecule has 0 heterocycles. The maximum atomic E-state index is 5.20. The Morgan fingerprint density at radius 1 is 1.25 bits per heavy atom. The highest BCUT2D eigenvalue weighted by molar-refractivity contribution is 5.33. The Hall–Kier alpha value is -0.980. The van der Waals surface area contributed by atoms with Gasteiger partial charge in [0.05, 0.1) is 7.11 Å². The van der Waals surface area contributed by atoms with E-state index in [1.165, 1.54) is 12.0 Å². The van der Waals surface area contributed by atoms with E-state index in [1.807, 2.05) is 18.2 Å². The smallest absolute Gasteiger partial charge is 0.122 e. The number of methoxy groups -OCH3 is 1. The first-order valence-electron chi connectivity index (χ1n) is 4.00. The summed E-state index contributed by atoms with van der Waals surface area (Å²) in [5.41, 5.74) is 1.30. The second kappa shape index (κ2) is 5.64. The highest BCUT2D eigenvalue weighted by Gasteiger charge is 1.97. The van der Waals surface area contributed by atoms with Gasteiger partial charge in [0, 0.05) is 0 Å². The van der Waals surface area contributed by atoms with Crippen molar-refractivity contribution in [1.82, 2.24) is 0 Å². The minimum atomic E-state index is 0. The minimum absolute atomic E-state index is 0. The van der Waals surface area contributed by atoms with E-state index in [2.05, 4.69) is 13.0 Å². The summed E-state index contributed by atoms with van der Waals surface area (Å²) in [6.07, 6.45) is 2.27. The van der Waals surface area contributed by atoms with Crippen LogP contribution in [0.3, 0.4) is 0 Å². The molecular weight excluding hydrogens is 148 g/mol. The Morgan fingerprint density at radius 3 is 2.50 bits per heavy atom. The van der Waals surface area contributed by atoms with Gasteiger partial charge in [0.2, 0.25) is 0 Å². The first kappa shape index (κ1) is 11.0. The van der Waals surface area contributed by atoms with Crippen molar-refractivity contribution in [2.75, 3.05) is 7.11 Å². The number of ether oxygens (including phenoxy) is 1. The predicted molar refractivity (Wildman–Crippen MR) is 53.7 cm³/mol. The van der Waals surface area contributed by atoms with Gasteiger partial charge in [-0.3, -0.25) is 0 Å². The predicted octanol–water partition coefficient (Wildman–Crippen LogP) is 3.28. The molecule has 1 aromatic rings. The van der Waals surface area contributed by atoms with Gasteiger partial charge >= 0.3 is 0 Å². The highest BCUT2D eigenvalue weighted by atomic mass is 16.5. The molecule has 0 aliphatic heterocycles. The van der Waals surface area contributed by atoms with Crippen LogP contribution in [0.1, 0.15) is 26.3 Å². The second-order valence-electron chi connectivity index (χ2n) is 2.56. The van der Waals surface area contributed by atoms with Crippen molar-refractivity contribution in [2.45, 2.75) is 27.2 Å². The normalized spacial score (nSPS) is 8.83. The lowest BCUT2D eigenvalue weighted by Gasteiger charge is -2.05. The average Bonchev–Trinajstić information content (AvgIpc) is 2.06. The summed E-state index contributed by atoms with van der Waals surface area (Å²) >= 11 is 0. The van der Waals surface area contributed by atoms with Crippen LogP contribution in [0.25, 0.3) is 0 Å². The Balaban J connectivity index is 0.00000121. The summed E-state index contributed by atoms with van der Waals surface area (Å²) in [5, 5.41) is 0. The van der Waals surface area contributed by atoms with E-state index in [-0.39, 0.29) is 7.43 Å². The topological polar surface area (TPSA) is 9.23 Å². The molecule has 0 fully saturated rings. The molecular formula is C11H18O. The Kier molecular flexibility index (Phi) is 5.18. The third-order valence-corrected chi connectivity index (χ3v) is 1.71. The van der Waals surface area contributed by atoms with Crippen molar-refractivity contribution in [2.24, 2.45) is 0 Å². The Morgan fingerprint density at radius 2 is 1.92 bits per heavy atom. The fraction of sp³-hybridized carbons (Fsp3) is 0.455. The molecule has 1 heteroatoms. The SMILES string of the molecule is C.CCCc1ccccc1OC. The number of para-hydroxylation sites is 1. The van der Waals surface area contributed by atoms with Crippen molar-refractivity contribution >= 4 is 0 Å². The van der Waals surface area contributed by atoms with Crippen LogP contribution in [-0.4, -0.2) is 7.11 Å². The fourth-order valence-corrected chi connectivity index (χ4v) is 1.18. The van der Waals surface area contributed by atoms with Crippen LogP contribution >= 0.6 is 0 Å². The molecule has 1 rings (SSSR count). The van der Waals surface area contributed by atoms with Crippen molar-refractivity contribution in [1.29, 1.82) is 0 Å². The molecule has 0 spiro atoms. The summed E-state index contributed by atoms with van der Waals surface area (Å²) in [7, 11) is 1.72. The van der Waals surface area contributed by atoms with Crippen LogP contribution in [0.5, 0.6) is 5.75 Å². The molecule has 0 aromatic heterocycles. The summed E-state index contributed by atoms with van der Waals surface area (Å²) in [4.78, 5) is 0. The van der Waals surface area contributed by atoms with Crippen LogP contribution < -0.4 is 4.74 Å². The fourth-order valence-electron chi connectivity index (χ4n) is 1.18. The third kappa shape index (κ3) is 2.57. The third-order valence-electron chi connectivity index (χ3n) is 1.71. The summed E-state index contributed by atoms with van der Waals surface area (Å²) < 4.78 is 5.20. The van der Waals surface area contributed by atoms with Gasteiger partial charge in [-0.15, -0.1) is 0 Å². The van der Waals surface area contributed by atoms with Gasteiger partial charge in [-0.2, -0.15) is 0 Å². The number of hydrogen-bond acceptors (Lipinski definition) is 1. The standard InChI is InChI=1S/C10H14O.CH4/c1-3-6-9-7-4-5-8-10(9)11-2;/h4-5,7-8H,3,6H2,1-2H3;1H4. The average molecular weight is 166 g/mol. The van der Waals surface area contributed by atoms with Crippen molar-refractivity contribution in [3.05, 3.63) is 29.8 Å². The summed E-state index contributed by atoms with van der Waals surface area (Å²) in [5.74, 6) is 1.01. The van der Waals surface area contributed by atoms with E-state index >= 15 is 0 Å². The number of aryl methyl sites for hydroxylation is 1. The molecule has 0 radical (unpaired) electrons. The van der Waals surface area contributed by atoms with E-state index in [0.29, 0.717) is 0 Å². The quantitative estimate of drug-likeness (QED) is 0.669. The van der Waals surface area contributed by atoms with Crippen molar-refractivity contribution in [3.63, 3.8) is 0 Å². The molecule has 0 N–H and O–H groups in total. The van der Waals surface area contributed by atoms with E-state index in [9.17, 15) is 0 Å². The zero-order chi connectivity index (χ0) is 8.10.